The van der Waals surface area contributed by atoms with Crippen molar-refractivity contribution in [2.75, 3.05) is 11.9 Å². The summed E-state index contributed by atoms with van der Waals surface area (Å²) in [6.45, 7) is 5.95. The van der Waals surface area contributed by atoms with Crippen LogP contribution in [0.5, 0.6) is 0 Å². The molecule has 0 fully saturated rings. The molecule has 0 unspecified atom stereocenters. The number of nitrogens with one attached hydrogen (secondary N) is 1. The first kappa shape index (κ1) is 18.3. The summed E-state index contributed by atoms with van der Waals surface area (Å²) in [6, 6.07) is 6.86. The summed E-state index contributed by atoms with van der Waals surface area (Å²) in [4.78, 5) is 26.2. The van der Waals surface area contributed by atoms with E-state index in [0.29, 0.717) is 22.2 Å². The third-order valence-electron chi connectivity index (χ3n) is 3.51. The summed E-state index contributed by atoms with van der Waals surface area (Å²) in [5, 5.41) is 4.42. The highest BCUT2D eigenvalue weighted by Crippen LogP contribution is 2.29. The van der Waals surface area contributed by atoms with Gasteiger partial charge in [-0.25, -0.2) is 19.7 Å². The van der Waals surface area contributed by atoms with Crippen molar-refractivity contribution in [2.24, 2.45) is 0 Å². The smallest absolute Gasteiger partial charge is 0.339 e. The van der Waals surface area contributed by atoms with Gasteiger partial charge in [0.25, 0.3) is 0 Å². The summed E-state index contributed by atoms with van der Waals surface area (Å²) >= 11 is 7.68. The number of esters is 1. The molecule has 0 aliphatic heterocycles. The molecule has 3 rings (SSSR count). The fraction of sp³-hybridized carbons (Fsp3) is 0.222. The van der Waals surface area contributed by atoms with Gasteiger partial charge in [0.05, 0.1) is 38.5 Å². The van der Waals surface area contributed by atoms with Gasteiger partial charge in [-0.2, -0.15) is 0 Å². The molecule has 0 radical (unpaired) electrons. The molecule has 0 bridgehead atoms. The zero-order valence-electron chi connectivity index (χ0n) is 14.5. The zero-order valence-corrected chi connectivity index (χ0v) is 16.1. The van der Waals surface area contributed by atoms with Gasteiger partial charge >= 0.3 is 5.97 Å². The Balaban J connectivity index is 1.88. The average molecular weight is 389 g/mol. The maximum absolute atomic E-state index is 12.0. The third kappa shape index (κ3) is 4.00. The van der Waals surface area contributed by atoms with Crippen molar-refractivity contribution in [2.45, 2.75) is 20.8 Å². The van der Waals surface area contributed by atoms with E-state index in [9.17, 15) is 4.79 Å². The number of rotatable bonds is 5. The minimum atomic E-state index is -0.466. The van der Waals surface area contributed by atoms with Crippen LogP contribution in [-0.2, 0) is 4.74 Å². The fourth-order valence-corrected chi connectivity index (χ4v) is 3.50. The van der Waals surface area contributed by atoms with E-state index < -0.39 is 5.97 Å². The number of carbonyl (C=O) groups is 1. The highest BCUT2D eigenvalue weighted by Gasteiger charge is 2.14. The van der Waals surface area contributed by atoms with Gasteiger partial charge in [0.15, 0.2) is 0 Å². The van der Waals surface area contributed by atoms with Crippen molar-refractivity contribution >= 4 is 40.5 Å². The van der Waals surface area contributed by atoms with Gasteiger partial charge in [-0.1, -0.05) is 11.6 Å². The van der Waals surface area contributed by atoms with Crippen molar-refractivity contribution in [3.05, 3.63) is 51.7 Å². The number of halogens is 1. The molecule has 0 aliphatic carbocycles. The normalized spacial score (nSPS) is 10.6. The van der Waals surface area contributed by atoms with Gasteiger partial charge in [-0.05, 0) is 45.0 Å². The molecule has 0 atom stereocenters. The second kappa shape index (κ2) is 7.80. The summed E-state index contributed by atoms with van der Waals surface area (Å²) in [5.74, 6) is -0.0448. The van der Waals surface area contributed by atoms with Crippen molar-refractivity contribution in [1.82, 2.24) is 15.0 Å². The number of aromatic nitrogens is 3. The van der Waals surface area contributed by atoms with Crippen molar-refractivity contribution in [1.29, 1.82) is 0 Å². The topological polar surface area (TPSA) is 77.0 Å². The standard InChI is InChI=1S/C18H17ClN4O2S/c1-4-25-17(24)13-9-12(5-6-14(13)19)22-18-20-8-7-15(23-18)16-10(2)21-11(3)26-16/h5-9H,4H2,1-3H3,(H,20,22,23). The Bertz CT molecular complexity index is 958. The van der Waals surface area contributed by atoms with Crippen LogP contribution in [-0.4, -0.2) is 27.5 Å². The van der Waals surface area contributed by atoms with E-state index in [1.807, 2.05) is 19.9 Å². The predicted octanol–water partition coefficient (Wildman–Crippen LogP) is 4.79. The highest BCUT2D eigenvalue weighted by atomic mass is 35.5. The fourth-order valence-electron chi connectivity index (χ4n) is 2.41. The van der Waals surface area contributed by atoms with Gasteiger partial charge in [0.1, 0.15) is 0 Å². The number of ether oxygens (including phenoxy) is 1. The molecule has 3 aromatic rings. The number of benzene rings is 1. The summed E-state index contributed by atoms with van der Waals surface area (Å²) in [5.41, 5.74) is 2.67. The Morgan fingerprint density at radius 3 is 2.77 bits per heavy atom. The van der Waals surface area contributed by atoms with Crippen molar-refractivity contribution in [3.63, 3.8) is 0 Å². The number of nitrogens with zero attached hydrogens (tertiary/aromatic N) is 3. The summed E-state index contributed by atoms with van der Waals surface area (Å²) in [6.07, 6.45) is 1.68. The second-order valence-electron chi connectivity index (χ2n) is 5.45. The molecule has 26 heavy (non-hydrogen) atoms. The number of thiazole rings is 1. The Morgan fingerprint density at radius 2 is 2.08 bits per heavy atom. The van der Waals surface area contributed by atoms with E-state index in [2.05, 4.69) is 20.3 Å². The quantitative estimate of drug-likeness (QED) is 0.633. The number of hydrogen-bond donors (Lipinski definition) is 1. The molecule has 6 nitrogen and oxygen atoms in total. The first-order valence-corrected chi connectivity index (χ1v) is 9.18. The molecule has 134 valence electrons. The van der Waals surface area contributed by atoms with Gasteiger partial charge in [-0.15, -0.1) is 11.3 Å². The molecule has 1 N–H and O–H groups in total. The number of anilines is 2. The summed E-state index contributed by atoms with van der Waals surface area (Å²) in [7, 11) is 0. The van der Waals surface area contributed by atoms with Crippen LogP contribution in [0.1, 0.15) is 28.0 Å². The minimum absolute atomic E-state index is 0.283. The molecular formula is C18H17ClN4O2S. The minimum Gasteiger partial charge on any atom is -0.462 e. The lowest BCUT2D eigenvalue weighted by molar-refractivity contribution is 0.0526. The lowest BCUT2D eigenvalue weighted by Gasteiger charge is -2.09. The maximum atomic E-state index is 12.0. The van der Waals surface area contributed by atoms with E-state index in [1.54, 1.807) is 42.7 Å². The van der Waals surface area contributed by atoms with E-state index in [4.69, 9.17) is 16.3 Å². The van der Waals surface area contributed by atoms with Crippen LogP contribution in [0.2, 0.25) is 5.02 Å². The van der Waals surface area contributed by atoms with Gasteiger partial charge in [0.2, 0.25) is 5.95 Å². The van der Waals surface area contributed by atoms with Crippen LogP contribution in [0, 0.1) is 13.8 Å². The third-order valence-corrected chi connectivity index (χ3v) is 4.93. The molecule has 2 aromatic heterocycles. The van der Waals surface area contributed by atoms with E-state index >= 15 is 0 Å². The van der Waals surface area contributed by atoms with E-state index in [1.165, 1.54) is 0 Å². The monoisotopic (exact) mass is 388 g/mol. The molecule has 1 aromatic carbocycles. The van der Waals surface area contributed by atoms with Crippen molar-refractivity contribution in [3.8, 4) is 10.6 Å². The molecule has 0 saturated carbocycles. The highest BCUT2D eigenvalue weighted by molar-refractivity contribution is 7.15. The lowest BCUT2D eigenvalue weighted by atomic mass is 10.2. The molecule has 0 saturated heterocycles. The Hall–Kier alpha value is -2.51. The number of carbonyl (C=O) groups excluding carboxylic acids is 1. The van der Waals surface area contributed by atoms with Crippen molar-refractivity contribution < 1.29 is 9.53 Å². The van der Waals surface area contributed by atoms with Crippen LogP contribution < -0.4 is 5.32 Å². The Morgan fingerprint density at radius 1 is 1.27 bits per heavy atom. The molecule has 8 heteroatoms. The molecule has 0 aliphatic rings. The first-order chi connectivity index (χ1) is 12.5. The number of aryl methyl sites for hydroxylation is 2. The van der Waals surface area contributed by atoms with Crippen LogP contribution in [0.3, 0.4) is 0 Å². The van der Waals surface area contributed by atoms with E-state index in [0.717, 1.165) is 21.3 Å². The summed E-state index contributed by atoms with van der Waals surface area (Å²) < 4.78 is 5.02. The van der Waals surface area contributed by atoms with Crippen LogP contribution in [0.25, 0.3) is 10.6 Å². The van der Waals surface area contributed by atoms with Crippen LogP contribution >= 0.6 is 22.9 Å². The van der Waals surface area contributed by atoms with Crippen LogP contribution in [0.4, 0.5) is 11.6 Å². The van der Waals surface area contributed by atoms with Gasteiger partial charge < -0.3 is 10.1 Å². The zero-order chi connectivity index (χ0) is 18.7. The first-order valence-electron chi connectivity index (χ1n) is 7.99. The van der Waals surface area contributed by atoms with Gasteiger partial charge in [0, 0.05) is 11.9 Å². The average Bonchev–Trinajstić information content (AvgIpc) is 2.95. The lowest BCUT2D eigenvalue weighted by Crippen LogP contribution is -2.06. The molecule has 2 heterocycles. The predicted molar refractivity (Wildman–Crippen MR) is 103 cm³/mol. The van der Waals surface area contributed by atoms with Crippen LogP contribution in [0.15, 0.2) is 30.5 Å². The van der Waals surface area contributed by atoms with Gasteiger partial charge in [-0.3, -0.25) is 0 Å². The second-order valence-corrected chi connectivity index (χ2v) is 7.06. The Kier molecular flexibility index (Phi) is 5.49. The Labute approximate surface area is 160 Å². The largest absolute Gasteiger partial charge is 0.462 e. The maximum Gasteiger partial charge on any atom is 0.339 e. The SMILES string of the molecule is CCOC(=O)c1cc(Nc2nccc(-c3sc(C)nc3C)n2)ccc1Cl. The molecule has 0 amide bonds. The molecule has 0 spiro atoms. The molecular weight excluding hydrogens is 372 g/mol. The number of hydrogen-bond acceptors (Lipinski definition) is 7. The van der Waals surface area contributed by atoms with E-state index in [-0.39, 0.29) is 6.61 Å².